The quantitative estimate of drug-likeness (QED) is 0.415. The Morgan fingerprint density at radius 2 is 2.06 bits per heavy atom. The Balaban J connectivity index is 1.72. The molecule has 1 aliphatic heterocycles. The zero-order valence-corrected chi connectivity index (χ0v) is 18.8. The normalized spacial score (nSPS) is 15.8. The summed E-state index contributed by atoms with van der Waals surface area (Å²) in [6.07, 6.45) is 7.43. The third kappa shape index (κ3) is 4.69. The Bertz CT molecular complexity index is 1160. The Morgan fingerprint density at radius 3 is 2.72 bits per heavy atom. The Morgan fingerprint density at radius 1 is 1.28 bits per heavy atom. The van der Waals surface area contributed by atoms with Crippen LogP contribution in [0.4, 0.5) is 11.1 Å². The van der Waals surface area contributed by atoms with Crippen LogP contribution in [0.1, 0.15) is 17.3 Å². The first kappa shape index (κ1) is 21.7. The van der Waals surface area contributed by atoms with Crippen molar-refractivity contribution < 1.29 is 14.3 Å². The zero-order chi connectivity index (χ0) is 22.7. The van der Waals surface area contributed by atoms with Gasteiger partial charge in [0.2, 0.25) is 5.95 Å². The summed E-state index contributed by atoms with van der Waals surface area (Å²) < 4.78 is 11.4. The molecule has 0 saturated carbocycles. The lowest BCUT2D eigenvalue weighted by atomic mass is 10.1. The summed E-state index contributed by atoms with van der Waals surface area (Å²) in [7, 11) is 3.85. The van der Waals surface area contributed by atoms with E-state index in [2.05, 4.69) is 25.9 Å². The van der Waals surface area contributed by atoms with E-state index in [0.29, 0.717) is 42.8 Å². The molecule has 0 bridgehead atoms. The van der Waals surface area contributed by atoms with Crippen molar-refractivity contribution in [1.29, 1.82) is 0 Å². The Labute approximate surface area is 190 Å². The van der Waals surface area contributed by atoms with Gasteiger partial charge in [0, 0.05) is 26.2 Å². The fourth-order valence-electron chi connectivity index (χ4n) is 3.05. The molecule has 3 heterocycles. The van der Waals surface area contributed by atoms with Gasteiger partial charge < -0.3 is 19.3 Å². The molecule has 0 aliphatic carbocycles. The van der Waals surface area contributed by atoms with Crippen molar-refractivity contribution >= 4 is 28.2 Å². The lowest BCUT2D eigenvalue weighted by Gasteiger charge is -2.32. The highest BCUT2D eigenvalue weighted by molar-refractivity contribution is 7.18. The van der Waals surface area contributed by atoms with E-state index in [4.69, 9.17) is 15.9 Å². The van der Waals surface area contributed by atoms with Gasteiger partial charge in [-0.3, -0.25) is 4.79 Å². The van der Waals surface area contributed by atoms with Crippen LogP contribution in [0, 0.1) is 12.3 Å². The molecule has 1 atom stereocenters. The number of carbonyl (C=O) groups is 1. The molecule has 0 radical (unpaired) electrons. The van der Waals surface area contributed by atoms with Crippen molar-refractivity contribution in [3.63, 3.8) is 0 Å². The third-order valence-electron chi connectivity index (χ3n) is 4.75. The zero-order valence-electron chi connectivity index (χ0n) is 18.0. The maximum atomic E-state index is 11.5. The first-order valence-electron chi connectivity index (χ1n) is 9.93. The maximum absolute atomic E-state index is 11.5. The second-order valence-electron chi connectivity index (χ2n) is 7.28. The summed E-state index contributed by atoms with van der Waals surface area (Å²) in [5.41, 5.74) is 0.598. The fraction of sp³-hybridized carbons (Fsp3) is 0.318. The van der Waals surface area contributed by atoms with E-state index >= 15 is 0 Å². The number of morpholine rings is 1. The number of benzene rings is 1. The molecule has 0 amide bonds. The largest absolute Gasteiger partial charge is 0.424 e. The average Bonchev–Trinajstić information content (AvgIpc) is 3.30. The molecule has 1 aromatic carbocycles. The smallest absolute Gasteiger partial charge is 0.327 e. The third-order valence-corrected chi connectivity index (χ3v) is 5.91. The van der Waals surface area contributed by atoms with Crippen LogP contribution >= 0.6 is 11.3 Å². The number of hydrogen-bond donors (Lipinski definition) is 0. The van der Waals surface area contributed by atoms with Crippen LogP contribution in [0.2, 0.25) is 0 Å². The van der Waals surface area contributed by atoms with Gasteiger partial charge in [0.25, 0.3) is 0 Å². The highest BCUT2D eigenvalue weighted by atomic mass is 32.1. The van der Waals surface area contributed by atoms with Crippen LogP contribution in [-0.4, -0.2) is 65.6 Å². The van der Waals surface area contributed by atoms with E-state index in [1.807, 2.05) is 23.9 Å². The number of anilines is 2. The minimum atomic E-state index is -0.291. The van der Waals surface area contributed by atoms with Gasteiger partial charge in [0.15, 0.2) is 16.7 Å². The summed E-state index contributed by atoms with van der Waals surface area (Å²) >= 11 is 1.46. The molecule has 0 spiro atoms. The van der Waals surface area contributed by atoms with Crippen LogP contribution in [0.15, 0.2) is 30.5 Å². The van der Waals surface area contributed by atoms with E-state index in [1.165, 1.54) is 18.3 Å². The minimum absolute atomic E-state index is 0.0178. The van der Waals surface area contributed by atoms with Crippen molar-refractivity contribution in [2.75, 3.05) is 43.7 Å². The number of ketones is 1. The molecule has 10 heteroatoms. The number of nitrogens with zero attached hydrogens (tertiary/aromatic N) is 6. The number of rotatable bonds is 6. The van der Waals surface area contributed by atoms with Crippen LogP contribution in [0.25, 0.3) is 10.7 Å². The lowest BCUT2D eigenvalue weighted by molar-refractivity contribution is 0.101. The molecular weight excluding hydrogens is 428 g/mol. The number of Topliss-reactive ketones (excluding diaryl/α,β-unsaturated/α-hetero) is 1. The second kappa shape index (κ2) is 9.30. The first-order chi connectivity index (χ1) is 15.4. The van der Waals surface area contributed by atoms with Crippen molar-refractivity contribution in [2.24, 2.45) is 0 Å². The van der Waals surface area contributed by atoms with Gasteiger partial charge in [0.1, 0.15) is 11.8 Å². The molecular formula is C22H22N6O3S. The van der Waals surface area contributed by atoms with E-state index in [0.717, 1.165) is 10.0 Å². The number of ether oxygens (including phenoxy) is 2. The summed E-state index contributed by atoms with van der Waals surface area (Å²) in [4.78, 5) is 34.2. The average molecular weight is 451 g/mol. The summed E-state index contributed by atoms with van der Waals surface area (Å²) in [6, 6.07) is 6.64. The van der Waals surface area contributed by atoms with Gasteiger partial charge in [-0.05, 0) is 31.2 Å². The number of carbonyl (C=O) groups excluding carboxylic acids is 1. The highest BCUT2D eigenvalue weighted by Gasteiger charge is 2.26. The minimum Gasteiger partial charge on any atom is -0.424 e. The van der Waals surface area contributed by atoms with Gasteiger partial charge in [-0.2, -0.15) is 15.0 Å². The molecule has 3 aromatic rings. The number of aromatic nitrogens is 4. The predicted octanol–water partition coefficient (Wildman–Crippen LogP) is 2.89. The summed E-state index contributed by atoms with van der Waals surface area (Å²) in [5, 5.41) is 0.831. The molecule has 0 unspecified atom stereocenters. The van der Waals surface area contributed by atoms with Crippen molar-refractivity contribution in [2.45, 2.75) is 13.0 Å². The molecule has 2 aromatic heterocycles. The van der Waals surface area contributed by atoms with Crippen LogP contribution in [0.5, 0.6) is 11.8 Å². The molecule has 9 nitrogen and oxygen atoms in total. The van der Waals surface area contributed by atoms with E-state index in [9.17, 15) is 4.79 Å². The molecule has 1 aliphatic rings. The van der Waals surface area contributed by atoms with Gasteiger partial charge in [0.05, 0.1) is 24.3 Å². The summed E-state index contributed by atoms with van der Waals surface area (Å²) in [6.45, 7) is 2.98. The Hall–Kier alpha value is -3.55. The van der Waals surface area contributed by atoms with E-state index in [-0.39, 0.29) is 17.8 Å². The predicted molar refractivity (Wildman–Crippen MR) is 123 cm³/mol. The maximum Gasteiger partial charge on any atom is 0.327 e. The second-order valence-corrected chi connectivity index (χ2v) is 8.29. The van der Waals surface area contributed by atoms with E-state index < -0.39 is 0 Å². The van der Waals surface area contributed by atoms with Crippen LogP contribution < -0.4 is 14.5 Å². The first-order valence-corrected chi connectivity index (χ1v) is 10.7. The molecule has 1 saturated heterocycles. The lowest BCUT2D eigenvalue weighted by Crippen LogP contribution is -2.45. The van der Waals surface area contributed by atoms with Gasteiger partial charge in [-0.25, -0.2) is 4.98 Å². The standard InChI is InChI=1S/C22H22N6O3S/c1-5-16-13-30-11-10-28(16)20-24-19(18-12-23-22(32-18)27(3)4)25-21(26-20)31-17-8-6-15(7-9-17)14(2)29/h1,6-9,12,16H,10-11,13H2,2-4H3/t16-/m0/s1. The molecule has 1 fully saturated rings. The molecule has 4 rings (SSSR count). The highest BCUT2D eigenvalue weighted by Crippen LogP contribution is 2.31. The van der Waals surface area contributed by atoms with Crippen molar-refractivity contribution in [3.8, 4) is 34.8 Å². The Kier molecular flexibility index (Phi) is 6.30. The topological polar surface area (TPSA) is 93.6 Å². The SMILES string of the molecule is C#C[C@H]1COCCN1c1nc(Oc2ccc(C(C)=O)cc2)nc(-c2cnc(N(C)C)s2)n1. The van der Waals surface area contributed by atoms with Crippen LogP contribution in [0.3, 0.4) is 0 Å². The molecule has 32 heavy (non-hydrogen) atoms. The van der Waals surface area contributed by atoms with E-state index in [1.54, 1.807) is 30.5 Å². The van der Waals surface area contributed by atoms with Crippen molar-refractivity contribution in [1.82, 2.24) is 19.9 Å². The van der Waals surface area contributed by atoms with Gasteiger partial charge in [-0.1, -0.05) is 17.3 Å². The van der Waals surface area contributed by atoms with Gasteiger partial charge >= 0.3 is 6.01 Å². The number of thiazole rings is 1. The van der Waals surface area contributed by atoms with Gasteiger partial charge in [-0.15, -0.1) is 6.42 Å². The van der Waals surface area contributed by atoms with Crippen molar-refractivity contribution in [3.05, 3.63) is 36.0 Å². The number of terminal acetylenes is 1. The number of hydrogen-bond acceptors (Lipinski definition) is 10. The monoisotopic (exact) mass is 450 g/mol. The molecule has 164 valence electrons. The van der Waals surface area contributed by atoms with Crippen LogP contribution in [-0.2, 0) is 4.74 Å². The summed E-state index contributed by atoms with van der Waals surface area (Å²) in [5.74, 6) is 4.07. The fourth-order valence-corrected chi connectivity index (χ4v) is 3.82. The molecule has 0 N–H and O–H groups in total.